The highest BCUT2D eigenvalue weighted by Gasteiger charge is 2.14. The van der Waals surface area contributed by atoms with E-state index in [4.69, 9.17) is 0 Å². The van der Waals surface area contributed by atoms with Crippen LogP contribution in [-0.4, -0.2) is 5.78 Å². The summed E-state index contributed by atoms with van der Waals surface area (Å²) in [6, 6.07) is 17.9. The molecule has 0 N–H and O–H groups in total. The van der Waals surface area contributed by atoms with E-state index in [-0.39, 0.29) is 5.78 Å². The lowest BCUT2D eigenvalue weighted by atomic mass is 9.99. The fourth-order valence-electron chi connectivity index (χ4n) is 2.42. The number of hydrogen-bond acceptors (Lipinski definition) is 1. The van der Waals surface area contributed by atoms with Crippen LogP contribution in [0.4, 0.5) is 0 Å². The molecule has 0 atom stereocenters. The Hall–Kier alpha value is -2.48. The molecule has 98 valence electrons. The molecule has 1 aromatic heterocycles. The second kappa shape index (κ2) is 5.25. The lowest BCUT2D eigenvalue weighted by molar-refractivity contribution is -0.683. The molecule has 3 aromatic rings. The maximum Gasteiger partial charge on any atom is 0.228 e. The van der Waals surface area contributed by atoms with Crippen molar-refractivity contribution in [2.24, 2.45) is 0 Å². The standard InChI is InChI=1S/C18H16NO/c1-14-8-9-15-6-5-7-16(17(15)12-14)18(20)13-19-10-3-2-4-11-19/h2-12H,13H2,1H3/q+1. The third-order valence-electron chi connectivity index (χ3n) is 3.44. The fourth-order valence-corrected chi connectivity index (χ4v) is 2.42. The summed E-state index contributed by atoms with van der Waals surface area (Å²) in [6.45, 7) is 2.42. The zero-order valence-corrected chi connectivity index (χ0v) is 11.4. The number of carbonyl (C=O) groups excluding carboxylic acids is 1. The molecule has 0 aliphatic heterocycles. The van der Waals surface area contributed by atoms with Gasteiger partial charge in [-0.1, -0.05) is 48.0 Å². The Kier molecular flexibility index (Phi) is 3.30. The zero-order chi connectivity index (χ0) is 13.9. The van der Waals surface area contributed by atoms with Crippen molar-refractivity contribution in [1.29, 1.82) is 0 Å². The van der Waals surface area contributed by atoms with Gasteiger partial charge in [0.15, 0.2) is 12.4 Å². The molecule has 1 heterocycles. The molecule has 0 aliphatic carbocycles. The number of hydrogen-bond donors (Lipinski definition) is 0. The van der Waals surface area contributed by atoms with Crippen LogP contribution in [0.3, 0.4) is 0 Å². The van der Waals surface area contributed by atoms with Crippen molar-refractivity contribution < 1.29 is 9.36 Å². The smallest absolute Gasteiger partial charge is 0.228 e. The molecular formula is C18H16NO+. The summed E-state index contributed by atoms with van der Waals surface area (Å²) in [5.41, 5.74) is 1.97. The van der Waals surface area contributed by atoms with Gasteiger partial charge in [-0.2, -0.15) is 4.57 Å². The van der Waals surface area contributed by atoms with Crippen molar-refractivity contribution in [3.8, 4) is 0 Å². The highest BCUT2D eigenvalue weighted by Crippen LogP contribution is 2.20. The molecule has 0 saturated carbocycles. The second-order valence-corrected chi connectivity index (χ2v) is 5.00. The minimum absolute atomic E-state index is 0.136. The Morgan fingerprint density at radius 2 is 1.80 bits per heavy atom. The number of rotatable bonds is 3. The van der Waals surface area contributed by atoms with Crippen LogP contribution in [0.15, 0.2) is 67.0 Å². The number of pyridine rings is 1. The van der Waals surface area contributed by atoms with Crippen molar-refractivity contribution in [2.45, 2.75) is 13.5 Å². The molecular weight excluding hydrogens is 246 g/mol. The summed E-state index contributed by atoms with van der Waals surface area (Å²) in [7, 11) is 0. The Labute approximate surface area is 118 Å². The minimum atomic E-state index is 0.136. The molecule has 0 spiro atoms. The third kappa shape index (κ3) is 2.45. The van der Waals surface area contributed by atoms with Crippen LogP contribution in [0.1, 0.15) is 15.9 Å². The highest BCUT2D eigenvalue weighted by atomic mass is 16.1. The third-order valence-corrected chi connectivity index (χ3v) is 3.44. The Balaban J connectivity index is 2.01. The first-order chi connectivity index (χ1) is 9.74. The second-order valence-electron chi connectivity index (χ2n) is 5.00. The number of ketones is 1. The molecule has 2 aromatic carbocycles. The Morgan fingerprint density at radius 3 is 2.60 bits per heavy atom. The molecule has 0 amide bonds. The van der Waals surface area contributed by atoms with Crippen molar-refractivity contribution in [3.05, 3.63) is 78.1 Å². The van der Waals surface area contributed by atoms with Crippen LogP contribution in [-0.2, 0) is 6.54 Å². The maximum absolute atomic E-state index is 12.5. The normalized spacial score (nSPS) is 10.7. The van der Waals surface area contributed by atoms with E-state index in [0.29, 0.717) is 6.54 Å². The molecule has 0 aliphatic rings. The van der Waals surface area contributed by atoms with E-state index in [0.717, 1.165) is 16.3 Å². The predicted molar refractivity (Wildman–Crippen MR) is 79.7 cm³/mol. The van der Waals surface area contributed by atoms with Crippen LogP contribution in [0.5, 0.6) is 0 Å². The number of aryl methyl sites for hydroxylation is 1. The van der Waals surface area contributed by atoms with E-state index in [1.54, 1.807) is 0 Å². The van der Waals surface area contributed by atoms with Gasteiger partial charge in [-0.25, -0.2) is 0 Å². The first-order valence-electron chi connectivity index (χ1n) is 6.71. The maximum atomic E-state index is 12.5. The molecule has 2 nitrogen and oxygen atoms in total. The van der Waals surface area contributed by atoms with E-state index in [1.807, 2.05) is 60.3 Å². The van der Waals surface area contributed by atoms with Crippen LogP contribution in [0.25, 0.3) is 10.8 Å². The number of Topliss-reactive ketones (excluding diaryl/α,β-unsaturated/α-hetero) is 1. The van der Waals surface area contributed by atoms with E-state index in [9.17, 15) is 4.79 Å². The monoisotopic (exact) mass is 262 g/mol. The first kappa shape index (κ1) is 12.5. The molecule has 3 rings (SSSR count). The Morgan fingerprint density at radius 1 is 1.00 bits per heavy atom. The molecule has 0 unspecified atom stereocenters. The van der Waals surface area contributed by atoms with Crippen LogP contribution >= 0.6 is 0 Å². The summed E-state index contributed by atoms with van der Waals surface area (Å²) in [5, 5.41) is 2.15. The van der Waals surface area contributed by atoms with Gasteiger partial charge in [-0.15, -0.1) is 0 Å². The van der Waals surface area contributed by atoms with E-state index in [2.05, 4.69) is 18.2 Å². The number of nitrogens with zero attached hydrogens (tertiary/aromatic N) is 1. The average molecular weight is 262 g/mol. The van der Waals surface area contributed by atoms with Crippen LogP contribution < -0.4 is 4.57 Å². The molecule has 0 fully saturated rings. The van der Waals surface area contributed by atoms with Gasteiger partial charge in [-0.05, 0) is 17.7 Å². The predicted octanol–water partition coefficient (Wildman–Crippen LogP) is 3.32. The number of fused-ring (bicyclic) bond motifs is 1. The average Bonchev–Trinajstić information content (AvgIpc) is 2.47. The minimum Gasteiger partial charge on any atom is -0.287 e. The fraction of sp³-hybridized carbons (Fsp3) is 0.111. The summed E-state index contributed by atoms with van der Waals surface area (Å²) < 4.78 is 1.90. The van der Waals surface area contributed by atoms with Crippen LogP contribution in [0, 0.1) is 6.92 Å². The summed E-state index contributed by atoms with van der Waals surface area (Å²) in [6.07, 6.45) is 3.82. The summed E-state index contributed by atoms with van der Waals surface area (Å²) in [5.74, 6) is 0.136. The summed E-state index contributed by atoms with van der Waals surface area (Å²) >= 11 is 0. The van der Waals surface area contributed by atoms with Crippen molar-refractivity contribution >= 4 is 16.6 Å². The molecule has 0 radical (unpaired) electrons. The van der Waals surface area contributed by atoms with Gasteiger partial charge in [0, 0.05) is 17.7 Å². The highest BCUT2D eigenvalue weighted by molar-refractivity contribution is 6.07. The summed E-state index contributed by atoms with van der Waals surface area (Å²) in [4.78, 5) is 12.5. The van der Waals surface area contributed by atoms with Gasteiger partial charge in [0.2, 0.25) is 12.3 Å². The first-order valence-corrected chi connectivity index (χ1v) is 6.71. The topological polar surface area (TPSA) is 20.9 Å². The van der Waals surface area contributed by atoms with Gasteiger partial charge in [0.1, 0.15) is 0 Å². The quantitative estimate of drug-likeness (QED) is 0.524. The number of benzene rings is 2. The SMILES string of the molecule is Cc1ccc2cccc(C(=O)C[n+]3ccccc3)c2c1. The Bertz CT molecular complexity index is 763. The largest absolute Gasteiger partial charge is 0.287 e. The van der Waals surface area contributed by atoms with Gasteiger partial charge < -0.3 is 0 Å². The van der Waals surface area contributed by atoms with Gasteiger partial charge in [0.05, 0.1) is 0 Å². The van der Waals surface area contributed by atoms with Gasteiger partial charge >= 0.3 is 0 Å². The van der Waals surface area contributed by atoms with E-state index < -0.39 is 0 Å². The molecule has 0 bridgehead atoms. The van der Waals surface area contributed by atoms with E-state index >= 15 is 0 Å². The lowest BCUT2D eigenvalue weighted by Gasteiger charge is -2.05. The van der Waals surface area contributed by atoms with Crippen LogP contribution in [0.2, 0.25) is 0 Å². The molecule has 2 heteroatoms. The lowest BCUT2D eigenvalue weighted by Crippen LogP contribution is -2.36. The van der Waals surface area contributed by atoms with Crippen molar-refractivity contribution in [2.75, 3.05) is 0 Å². The molecule has 0 saturated heterocycles. The molecule has 20 heavy (non-hydrogen) atoms. The van der Waals surface area contributed by atoms with Gasteiger partial charge in [-0.3, -0.25) is 4.79 Å². The number of aromatic nitrogens is 1. The van der Waals surface area contributed by atoms with Crippen molar-refractivity contribution in [1.82, 2.24) is 0 Å². The number of carbonyl (C=O) groups is 1. The zero-order valence-electron chi connectivity index (χ0n) is 11.4. The van der Waals surface area contributed by atoms with Gasteiger partial charge in [0.25, 0.3) is 0 Å². The van der Waals surface area contributed by atoms with Crippen molar-refractivity contribution in [3.63, 3.8) is 0 Å². The van der Waals surface area contributed by atoms with E-state index in [1.165, 1.54) is 5.56 Å².